The van der Waals surface area contributed by atoms with Gasteiger partial charge in [-0.05, 0) is 44.8 Å². The average Bonchev–Trinajstić information content (AvgIpc) is 1.98. The summed E-state index contributed by atoms with van der Waals surface area (Å²) in [6.45, 7) is 4.85. The van der Waals surface area contributed by atoms with Crippen molar-refractivity contribution in [1.29, 1.82) is 0 Å². The van der Waals surface area contributed by atoms with Crippen LogP contribution < -0.4 is 10.7 Å². The van der Waals surface area contributed by atoms with Crippen LogP contribution in [0.2, 0.25) is 0 Å². The van der Waals surface area contributed by atoms with Gasteiger partial charge in [0.05, 0.1) is 0 Å². The molecule has 0 aliphatic heterocycles. The average molecular weight is 199 g/mol. The van der Waals surface area contributed by atoms with Gasteiger partial charge in [0.25, 0.3) is 0 Å². The van der Waals surface area contributed by atoms with Crippen molar-refractivity contribution in [2.45, 2.75) is 33.1 Å². The van der Waals surface area contributed by atoms with Crippen molar-refractivity contribution in [3.05, 3.63) is 0 Å². The molecule has 0 radical (unpaired) electrons. The van der Waals surface area contributed by atoms with E-state index < -0.39 is 0 Å². The molecule has 0 amide bonds. The molecule has 3 nitrogen and oxygen atoms in total. The number of nitrogens with zero attached hydrogens (tertiary/aromatic N) is 1. The van der Waals surface area contributed by atoms with Gasteiger partial charge in [-0.15, -0.1) is 0 Å². The third-order valence-corrected chi connectivity index (χ3v) is 2.39. The zero-order valence-electron chi connectivity index (χ0n) is 8.26. The fourth-order valence-electron chi connectivity index (χ4n) is 1.14. The van der Waals surface area contributed by atoms with E-state index in [4.69, 9.17) is 12.2 Å². The van der Waals surface area contributed by atoms with Crippen molar-refractivity contribution in [2.24, 2.45) is 11.0 Å². The van der Waals surface area contributed by atoms with Crippen LogP contribution in [-0.2, 0) is 0 Å². The monoisotopic (exact) mass is 199 g/mol. The number of thiocarbonyl (C=S) groups is 1. The van der Waals surface area contributed by atoms with E-state index in [1.54, 1.807) is 0 Å². The van der Waals surface area contributed by atoms with Crippen molar-refractivity contribution in [1.82, 2.24) is 10.7 Å². The van der Waals surface area contributed by atoms with E-state index in [-0.39, 0.29) is 0 Å². The standard InChI is InChI=1S/C9H17N3S/c1-7(2)11-12-9(13)10-6-8-4-3-5-8/h8H,3-6H2,1-2H3,(H2,10,12,13). The van der Waals surface area contributed by atoms with Crippen LogP contribution in [0.25, 0.3) is 0 Å². The largest absolute Gasteiger partial charge is 0.361 e. The van der Waals surface area contributed by atoms with Gasteiger partial charge in [-0.1, -0.05) is 6.42 Å². The van der Waals surface area contributed by atoms with E-state index in [2.05, 4.69) is 15.8 Å². The quantitative estimate of drug-likeness (QED) is 0.412. The molecule has 0 spiro atoms. The molecule has 2 N–H and O–H groups in total. The topological polar surface area (TPSA) is 36.4 Å². The number of hydrazone groups is 1. The highest BCUT2D eigenvalue weighted by Gasteiger charge is 2.16. The van der Waals surface area contributed by atoms with E-state index in [1.807, 2.05) is 13.8 Å². The SMILES string of the molecule is CC(C)=NNC(=S)NCC1CCC1. The van der Waals surface area contributed by atoms with Crippen molar-refractivity contribution in [2.75, 3.05) is 6.54 Å². The van der Waals surface area contributed by atoms with Gasteiger partial charge in [0, 0.05) is 12.3 Å². The fourth-order valence-corrected chi connectivity index (χ4v) is 1.27. The van der Waals surface area contributed by atoms with Gasteiger partial charge in [-0.2, -0.15) is 5.10 Å². The Bertz CT molecular complexity index is 205. The lowest BCUT2D eigenvalue weighted by Crippen LogP contribution is -2.37. The Kier molecular flexibility index (Phi) is 4.15. The molecule has 74 valence electrons. The second kappa shape index (κ2) is 5.17. The van der Waals surface area contributed by atoms with Crippen LogP contribution >= 0.6 is 12.2 Å². The first-order valence-corrected chi connectivity index (χ1v) is 5.14. The van der Waals surface area contributed by atoms with Gasteiger partial charge < -0.3 is 5.32 Å². The van der Waals surface area contributed by atoms with E-state index in [0.717, 1.165) is 18.2 Å². The molecule has 1 saturated carbocycles. The predicted molar refractivity (Wildman–Crippen MR) is 59.9 cm³/mol. The summed E-state index contributed by atoms with van der Waals surface area (Å²) < 4.78 is 0. The molecule has 0 aromatic heterocycles. The molecule has 0 saturated heterocycles. The molecule has 1 aliphatic rings. The maximum absolute atomic E-state index is 5.03. The summed E-state index contributed by atoms with van der Waals surface area (Å²) in [6, 6.07) is 0. The second-order valence-corrected chi connectivity index (χ2v) is 4.09. The minimum absolute atomic E-state index is 0.633. The number of nitrogens with one attached hydrogen (secondary N) is 2. The summed E-state index contributed by atoms with van der Waals surface area (Å²) in [4.78, 5) is 0. The number of hydrogen-bond acceptors (Lipinski definition) is 2. The minimum Gasteiger partial charge on any atom is -0.361 e. The molecule has 13 heavy (non-hydrogen) atoms. The number of hydrogen-bond donors (Lipinski definition) is 2. The molecular weight excluding hydrogens is 182 g/mol. The third kappa shape index (κ3) is 4.22. The summed E-state index contributed by atoms with van der Waals surface area (Å²) >= 11 is 5.03. The van der Waals surface area contributed by atoms with Crippen molar-refractivity contribution in [3.8, 4) is 0 Å². The lowest BCUT2D eigenvalue weighted by atomic mass is 9.85. The van der Waals surface area contributed by atoms with Crippen LogP contribution in [0.1, 0.15) is 33.1 Å². The van der Waals surface area contributed by atoms with Gasteiger partial charge in [-0.3, -0.25) is 5.43 Å². The molecule has 4 heteroatoms. The molecule has 0 atom stereocenters. The maximum atomic E-state index is 5.03. The van der Waals surface area contributed by atoms with E-state index in [9.17, 15) is 0 Å². The summed E-state index contributed by atoms with van der Waals surface area (Å²) in [5.74, 6) is 0.825. The molecule has 0 unspecified atom stereocenters. The lowest BCUT2D eigenvalue weighted by molar-refractivity contribution is 0.315. The smallest absolute Gasteiger partial charge is 0.186 e. The van der Waals surface area contributed by atoms with Crippen molar-refractivity contribution < 1.29 is 0 Å². The molecule has 0 aromatic carbocycles. The summed E-state index contributed by atoms with van der Waals surface area (Å²) in [6.07, 6.45) is 4.05. The Hall–Kier alpha value is -0.640. The third-order valence-electron chi connectivity index (χ3n) is 2.16. The van der Waals surface area contributed by atoms with E-state index >= 15 is 0 Å². The highest BCUT2D eigenvalue weighted by atomic mass is 32.1. The Morgan fingerprint density at radius 3 is 2.62 bits per heavy atom. The van der Waals surface area contributed by atoms with Gasteiger partial charge in [0.1, 0.15) is 0 Å². The van der Waals surface area contributed by atoms with Crippen LogP contribution in [0.4, 0.5) is 0 Å². The van der Waals surface area contributed by atoms with Crippen LogP contribution in [0, 0.1) is 5.92 Å². The first kappa shape index (κ1) is 10.4. The van der Waals surface area contributed by atoms with Gasteiger partial charge in [0.2, 0.25) is 0 Å². The van der Waals surface area contributed by atoms with Gasteiger partial charge >= 0.3 is 0 Å². The molecule has 1 rings (SSSR count). The van der Waals surface area contributed by atoms with Gasteiger partial charge in [0.15, 0.2) is 5.11 Å². The minimum atomic E-state index is 0.633. The maximum Gasteiger partial charge on any atom is 0.186 e. The Labute approximate surface area is 85.0 Å². The highest BCUT2D eigenvalue weighted by molar-refractivity contribution is 7.80. The van der Waals surface area contributed by atoms with Crippen LogP contribution in [-0.4, -0.2) is 17.4 Å². The molecule has 0 aromatic rings. The lowest BCUT2D eigenvalue weighted by Gasteiger charge is -2.25. The first-order chi connectivity index (χ1) is 6.18. The van der Waals surface area contributed by atoms with Crippen molar-refractivity contribution >= 4 is 23.0 Å². The predicted octanol–water partition coefficient (Wildman–Crippen LogP) is 1.65. The summed E-state index contributed by atoms with van der Waals surface area (Å²) in [5, 5.41) is 7.79. The Morgan fingerprint density at radius 1 is 1.46 bits per heavy atom. The highest BCUT2D eigenvalue weighted by Crippen LogP contribution is 2.24. The van der Waals surface area contributed by atoms with E-state index in [1.165, 1.54) is 19.3 Å². The Morgan fingerprint density at radius 2 is 2.15 bits per heavy atom. The molecule has 1 fully saturated rings. The summed E-state index contributed by atoms with van der Waals surface area (Å²) in [5.41, 5.74) is 3.77. The van der Waals surface area contributed by atoms with E-state index in [0.29, 0.717) is 5.11 Å². The number of rotatable bonds is 3. The first-order valence-electron chi connectivity index (χ1n) is 4.73. The summed E-state index contributed by atoms with van der Waals surface area (Å²) in [7, 11) is 0. The normalized spacial score (nSPS) is 15.8. The second-order valence-electron chi connectivity index (χ2n) is 3.68. The zero-order chi connectivity index (χ0) is 9.68. The molecule has 0 heterocycles. The molecular formula is C9H17N3S. The molecule has 0 bridgehead atoms. The zero-order valence-corrected chi connectivity index (χ0v) is 9.08. The Balaban J connectivity index is 2.06. The van der Waals surface area contributed by atoms with Crippen LogP contribution in [0.3, 0.4) is 0 Å². The van der Waals surface area contributed by atoms with Crippen molar-refractivity contribution in [3.63, 3.8) is 0 Å². The molecule has 1 aliphatic carbocycles. The van der Waals surface area contributed by atoms with Gasteiger partial charge in [-0.25, -0.2) is 0 Å². The van der Waals surface area contributed by atoms with Crippen LogP contribution in [0.15, 0.2) is 5.10 Å². The van der Waals surface area contributed by atoms with Crippen LogP contribution in [0.5, 0.6) is 0 Å². The fraction of sp³-hybridized carbons (Fsp3) is 0.778.